The van der Waals surface area contributed by atoms with Crippen LogP contribution in [0.25, 0.3) is 0 Å². The van der Waals surface area contributed by atoms with E-state index < -0.39 is 5.97 Å². The smallest absolute Gasteiger partial charge is 0.358 e. The van der Waals surface area contributed by atoms with E-state index in [1.54, 1.807) is 0 Å². The maximum Gasteiger partial charge on any atom is 0.358 e. The van der Waals surface area contributed by atoms with Gasteiger partial charge >= 0.3 is 5.97 Å². The molecule has 0 saturated carbocycles. The first kappa shape index (κ1) is 6.94. The molecule has 6 heteroatoms. The van der Waals surface area contributed by atoms with E-state index >= 15 is 0 Å². The molecule has 0 aromatic carbocycles. The highest BCUT2D eigenvalue weighted by atomic mass is 32.1. The second kappa shape index (κ2) is 2.61. The van der Waals surface area contributed by atoms with Crippen molar-refractivity contribution in [2.75, 3.05) is 0 Å². The Hall–Kier alpha value is -1.17. The number of carbonyl (C=O) groups is 1. The third-order valence-electron chi connectivity index (χ3n) is 0.769. The molecule has 1 heterocycles. The molecule has 10 heavy (non-hydrogen) atoms. The minimum atomic E-state index is -1.15. The van der Waals surface area contributed by atoms with Crippen molar-refractivity contribution in [1.82, 2.24) is 15.2 Å². The van der Waals surface area contributed by atoms with Crippen LogP contribution in [-0.4, -0.2) is 26.3 Å². The molecule has 1 N–H and O–H groups in total. The van der Waals surface area contributed by atoms with Crippen LogP contribution in [0.5, 0.6) is 0 Å². The number of hydrogen-bond donors (Lipinski definition) is 2. The predicted octanol–water partition coefficient (Wildman–Crippen LogP) is -0.142. The van der Waals surface area contributed by atoms with E-state index in [-0.39, 0.29) is 10.9 Å². The van der Waals surface area contributed by atoms with Crippen LogP contribution < -0.4 is 0 Å². The zero-order valence-corrected chi connectivity index (χ0v) is 5.62. The Balaban J connectivity index is 3.00. The van der Waals surface area contributed by atoms with Crippen LogP contribution in [0.4, 0.5) is 0 Å². The molecule has 1 aromatic heterocycles. The lowest BCUT2D eigenvalue weighted by atomic mass is 10.5. The summed E-state index contributed by atoms with van der Waals surface area (Å²) in [6.45, 7) is 0. The fourth-order valence-corrected chi connectivity index (χ4v) is 0.470. The lowest BCUT2D eigenvalue weighted by Crippen LogP contribution is -2.02. The van der Waals surface area contributed by atoms with E-state index in [1.807, 2.05) is 0 Å². The Morgan fingerprint density at radius 2 is 2.30 bits per heavy atom. The summed E-state index contributed by atoms with van der Waals surface area (Å²) in [6.07, 6.45) is 1.09. The first-order chi connectivity index (χ1) is 4.70. The van der Waals surface area contributed by atoms with Gasteiger partial charge in [0.1, 0.15) is 0 Å². The van der Waals surface area contributed by atoms with Crippen molar-refractivity contribution in [2.24, 2.45) is 0 Å². The minimum absolute atomic E-state index is 0.157. The molecule has 0 aliphatic heterocycles. The number of carboxylic acid groups (broad SMARTS) is 1. The molecule has 0 spiro atoms. The van der Waals surface area contributed by atoms with Crippen LogP contribution in [0.15, 0.2) is 11.4 Å². The van der Waals surface area contributed by atoms with Gasteiger partial charge in [0, 0.05) is 0 Å². The summed E-state index contributed by atoms with van der Waals surface area (Å²) in [4.78, 5) is 13.7. The monoisotopic (exact) mass is 157 g/mol. The summed E-state index contributed by atoms with van der Waals surface area (Å²) in [7, 11) is 0. The molecule has 0 saturated heterocycles. The summed E-state index contributed by atoms with van der Waals surface area (Å²) in [5, 5.41) is 15.1. The maximum atomic E-state index is 10.1. The van der Waals surface area contributed by atoms with Crippen molar-refractivity contribution in [3.05, 3.63) is 11.9 Å². The standard InChI is InChI=1S/C4H3N3O2S/c8-3(9)2-1-5-4(10)7-6-2/h1H,(H,8,9)(H,5,7,10). The van der Waals surface area contributed by atoms with Gasteiger partial charge in [-0.25, -0.2) is 9.78 Å². The van der Waals surface area contributed by atoms with Gasteiger partial charge in [-0.05, 0) is 0 Å². The second-order valence-electron chi connectivity index (χ2n) is 1.45. The van der Waals surface area contributed by atoms with Gasteiger partial charge in [0.15, 0.2) is 5.69 Å². The van der Waals surface area contributed by atoms with E-state index in [0.29, 0.717) is 0 Å². The zero-order chi connectivity index (χ0) is 7.56. The van der Waals surface area contributed by atoms with Crippen LogP contribution in [0, 0.1) is 0 Å². The SMILES string of the molecule is O=C(O)c1cnc(S)nn1. The number of thiol groups is 1. The molecule has 1 rings (SSSR count). The molecular formula is C4H3N3O2S. The number of nitrogens with zero attached hydrogens (tertiary/aromatic N) is 3. The third-order valence-corrected chi connectivity index (χ3v) is 0.974. The van der Waals surface area contributed by atoms with Gasteiger partial charge in [-0.2, -0.15) is 0 Å². The first-order valence-electron chi connectivity index (χ1n) is 2.32. The van der Waals surface area contributed by atoms with Crippen LogP contribution in [-0.2, 0) is 0 Å². The van der Waals surface area contributed by atoms with Crippen molar-refractivity contribution in [2.45, 2.75) is 5.16 Å². The van der Waals surface area contributed by atoms with Crippen LogP contribution in [0.1, 0.15) is 10.5 Å². The van der Waals surface area contributed by atoms with Gasteiger partial charge < -0.3 is 5.11 Å². The molecule has 5 nitrogen and oxygen atoms in total. The quantitative estimate of drug-likeness (QED) is 0.555. The van der Waals surface area contributed by atoms with Crippen LogP contribution >= 0.6 is 12.6 Å². The molecular weight excluding hydrogens is 154 g/mol. The molecule has 0 bridgehead atoms. The number of rotatable bonds is 1. The Labute approximate surface area is 61.5 Å². The highest BCUT2D eigenvalue weighted by Crippen LogP contribution is 1.93. The van der Waals surface area contributed by atoms with Crippen molar-refractivity contribution in [3.63, 3.8) is 0 Å². The van der Waals surface area contributed by atoms with E-state index in [2.05, 4.69) is 27.8 Å². The van der Waals surface area contributed by atoms with Gasteiger partial charge in [-0.15, -0.1) is 22.8 Å². The third kappa shape index (κ3) is 1.41. The number of carboxylic acids is 1. The molecule has 0 aliphatic carbocycles. The molecule has 52 valence electrons. The molecule has 0 fully saturated rings. The van der Waals surface area contributed by atoms with Crippen molar-refractivity contribution < 1.29 is 9.90 Å². The van der Waals surface area contributed by atoms with E-state index in [9.17, 15) is 4.79 Å². The van der Waals surface area contributed by atoms with E-state index in [4.69, 9.17) is 5.11 Å². The normalized spacial score (nSPS) is 9.30. The lowest BCUT2D eigenvalue weighted by Gasteiger charge is -1.89. The molecule has 0 amide bonds. The zero-order valence-electron chi connectivity index (χ0n) is 4.72. The minimum Gasteiger partial charge on any atom is -0.476 e. The number of hydrogen-bond acceptors (Lipinski definition) is 5. The van der Waals surface area contributed by atoms with Crippen molar-refractivity contribution in [3.8, 4) is 0 Å². The molecule has 0 radical (unpaired) electrons. The number of aromatic carboxylic acids is 1. The lowest BCUT2D eigenvalue weighted by molar-refractivity contribution is 0.0688. The Morgan fingerprint density at radius 3 is 2.70 bits per heavy atom. The summed E-state index contributed by atoms with van der Waals surface area (Å²) in [5.41, 5.74) is -0.183. The molecule has 1 aromatic rings. The van der Waals surface area contributed by atoms with Crippen molar-refractivity contribution >= 4 is 18.6 Å². The molecule has 0 aliphatic rings. The average molecular weight is 157 g/mol. The van der Waals surface area contributed by atoms with E-state index in [0.717, 1.165) is 6.20 Å². The second-order valence-corrected chi connectivity index (χ2v) is 1.85. The van der Waals surface area contributed by atoms with Gasteiger partial charge in [0.2, 0.25) is 5.16 Å². The largest absolute Gasteiger partial charge is 0.476 e. The Bertz CT molecular complexity index is 247. The fraction of sp³-hybridized carbons (Fsp3) is 0. The summed E-state index contributed by atoms with van der Waals surface area (Å²) >= 11 is 3.72. The summed E-state index contributed by atoms with van der Waals surface area (Å²) < 4.78 is 0. The molecule has 0 unspecified atom stereocenters. The summed E-state index contributed by atoms with van der Waals surface area (Å²) in [5.74, 6) is -1.15. The van der Waals surface area contributed by atoms with Gasteiger partial charge in [0.05, 0.1) is 6.20 Å². The van der Waals surface area contributed by atoms with Gasteiger partial charge in [-0.3, -0.25) is 0 Å². The van der Waals surface area contributed by atoms with Gasteiger partial charge in [0.25, 0.3) is 0 Å². The highest BCUT2D eigenvalue weighted by molar-refractivity contribution is 7.80. The molecule has 0 atom stereocenters. The predicted molar refractivity (Wildman–Crippen MR) is 34.0 cm³/mol. The average Bonchev–Trinajstić information content (AvgIpc) is 1.88. The Kier molecular flexibility index (Phi) is 1.81. The fourth-order valence-electron chi connectivity index (χ4n) is 0.367. The van der Waals surface area contributed by atoms with E-state index in [1.165, 1.54) is 0 Å². The van der Waals surface area contributed by atoms with Crippen molar-refractivity contribution in [1.29, 1.82) is 0 Å². The summed E-state index contributed by atoms with van der Waals surface area (Å²) in [6, 6.07) is 0. The first-order valence-corrected chi connectivity index (χ1v) is 2.77. The number of aromatic nitrogens is 3. The topological polar surface area (TPSA) is 76.0 Å². The maximum absolute atomic E-state index is 10.1. The van der Waals surface area contributed by atoms with Crippen LogP contribution in [0.2, 0.25) is 0 Å². The highest BCUT2D eigenvalue weighted by Gasteiger charge is 2.03. The van der Waals surface area contributed by atoms with Gasteiger partial charge in [-0.1, -0.05) is 0 Å². The Morgan fingerprint density at radius 1 is 1.60 bits per heavy atom. The van der Waals surface area contributed by atoms with Crippen LogP contribution in [0.3, 0.4) is 0 Å².